The second-order valence-electron chi connectivity index (χ2n) is 5.11. The summed E-state index contributed by atoms with van der Waals surface area (Å²) in [5.41, 5.74) is 0.198. The zero-order valence-corrected chi connectivity index (χ0v) is 12.1. The maximum atomic E-state index is 12.5. The minimum Gasteiger partial charge on any atom is -0.486 e. The van der Waals surface area contributed by atoms with Gasteiger partial charge < -0.3 is 9.30 Å². The van der Waals surface area contributed by atoms with Gasteiger partial charge in [0.2, 0.25) is 0 Å². The first kappa shape index (κ1) is 15.4. The summed E-state index contributed by atoms with van der Waals surface area (Å²) in [6.07, 6.45) is -2.40. The molecule has 0 radical (unpaired) electrons. The molecular weight excluding hydrogens is 281 g/mol. The predicted molar refractivity (Wildman–Crippen MR) is 73.1 cm³/mol. The average Bonchev–Trinajstić information content (AvgIpc) is 2.77. The monoisotopic (exact) mass is 298 g/mol. The lowest BCUT2D eigenvalue weighted by Gasteiger charge is -2.12. The lowest BCUT2D eigenvalue weighted by atomic mass is 10.2. The number of benzene rings is 1. The zero-order valence-electron chi connectivity index (χ0n) is 12.1. The molecule has 2 rings (SSSR count). The van der Waals surface area contributed by atoms with E-state index < -0.39 is 11.7 Å². The van der Waals surface area contributed by atoms with Gasteiger partial charge >= 0.3 is 6.18 Å². The maximum Gasteiger partial charge on any atom is 0.416 e. The molecule has 0 aliphatic rings. The van der Waals surface area contributed by atoms with Crippen LogP contribution in [0.25, 0.3) is 0 Å². The van der Waals surface area contributed by atoms with Gasteiger partial charge in [0.25, 0.3) is 0 Å². The number of hydrogen-bond acceptors (Lipinski definition) is 2. The van der Waals surface area contributed by atoms with E-state index in [1.165, 1.54) is 12.1 Å². The SMILES string of the molecule is Cc1cn(C(C)C)c(COc2ccc(C(F)(F)F)cc2)n1. The van der Waals surface area contributed by atoms with E-state index in [2.05, 4.69) is 4.98 Å². The van der Waals surface area contributed by atoms with Crippen molar-refractivity contribution in [1.29, 1.82) is 0 Å². The van der Waals surface area contributed by atoms with Crippen LogP contribution in [-0.2, 0) is 12.8 Å². The van der Waals surface area contributed by atoms with Crippen LogP contribution < -0.4 is 4.74 Å². The van der Waals surface area contributed by atoms with Crippen molar-refractivity contribution < 1.29 is 17.9 Å². The second kappa shape index (κ2) is 5.79. The van der Waals surface area contributed by atoms with Crippen molar-refractivity contribution in [2.45, 2.75) is 39.6 Å². The zero-order chi connectivity index (χ0) is 15.6. The fraction of sp³-hybridized carbons (Fsp3) is 0.400. The number of aromatic nitrogens is 2. The van der Waals surface area contributed by atoms with Crippen LogP contribution >= 0.6 is 0 Å². The number of hydrogen-bond donors (Lipinski definition) is 0. The number of halogens is 3. The largest absolute Gasteiger partial charge is 0.486 e. The minimum absolute atomic E-state index is 0.220. The summed E-state index contributed by atoms with van der Waals surface area (Å²) in [5.74, 6) is 1.14. The van der Waals surface area contributed by atoms with Crippen LogP contribution in [0.3, 0.4) is 0 Å². The van der Waals surface area contributed by atoms with Crippen molar-refractivity contribution in [2.75, 3.05) is 0 Å². The van der Waals surface area contributed by atoms with Gasteiger partial charge in [0.15, 0.2) is 0 Å². The average molecular weight is 298 g/mol. The summed E-state index contributed by atoms with van der Waals surface area (Å²) in [6.45, 7) is 6.17. The van der Waals surface area contributed by atoms with Crippen molar-refractivity contribution in [1.82, 2.24) is 9.55 Å². The smallest absolute Gasteiger partial charge is 0.416 e. The molecule has 1 heterocycles. The third-order valence-electron chi connectivity index (χ3n) is 3.04. The molecule has 0 N–H and O–H groups in total. The van der Waals surface area contributed by atoms with E-state index in [1.54, 1.807) is 0 Å². The van der Waals surface area contributed by atoms with Crippen molar-refractivity contribution >= 4 is 0 Å². The first-order valence-corrected chi connectivity index (χ1v) is 6.62. The number of nitrogens with zero attached hydrogens (tertiary/aromatic N) is 2. The Morgan fingerprint density at radius 1 is 1.19 bits per heavy atom. The summed E-state index contributed by atoms with van der Waals surface area (Å²) >= 11 is 0. The predicted octanol–water partition coefficient (Wildman–Crippen LogP) is 4.37. The van der Waals surface area contributed by atoms with Crippen LogP contribution in [0.15, 0.2) is 30.5 Å². The molecule has 0 aliphatic heterocycles. The molecule has 114 valence electrons. The lowest BCUT2D eigenvalue weighted by molar-refractivity contribution is -0.137. The molecule has 0 fully saturated rings. The Bertz CT molecular complexity index is 600. The summed E-state index contributed by atoms with van der Waals surface area (Å²) < 4.78 is 44.9. The van der Waals surface area contributed by atoms with Crippen LogP contribution in [0.1, 0.15) is 37.0 Å². The van der Waals surface area contributed by atoms with Gasteiger partial charge in [-0.05, 0) is 45.0 Å². The van der Waals surface area contributed by atoms with Gasteiger partial charge in [0.05, 0.1) is 11.3 Å². The third kappa shape index (κ3) is 3.77. The molecule has 0 bridgehead atoms. The molecule has 0 spiro atoms. The summed E-state index contributed by atoms with van der Waals surface area (Å²) in [5, 5.41) is 0. The van der Waals surface area contributed by atoms with Gasteiger partial charge in [-0.25, -0.2) is 4.98 Å². The van der Waals surface area contributed by atoms with Crippen molar-refractivity contribution in [3.8, 4) is 5.75 Å². The quantitative estimate of drug-likeness (QED) is 0.838. The van der Waals surface area contributed by atoms with E-state index in [4.69, 9.17) is 4.74 Å². The van der Waals surface area contributed by atoms with Crippen LogP contribution in [0.5, 0.6) is 5.75 Å². The van der Waals surface area contributed by atoms with Gasteiger partial charge in [0.1, 0.15) is 18.2 Å². The molecule has 3 nitrogen and oxygen atoms in total. The Balaban J connectivity index is 2.07. The highest BCUT2D eigenvalue weighted by atomic mass is 19.4. The summed E-state index contributed by atoms with van der Waals surface area (Å²) in [4.78, 5) is 4.36. The van der Waals surface area contributed by atoms with E-state index in [1.807, 2.05) is 31.5 Å². The number of rotatable bonds is 4. The number of aryl methyl sites for hydroxylation is 1. The Hall–Kier alpha value is -1.98. The van der Waals surface area contributed by atoms with Gasteiger partial charge in [-0.2, -0.15) is 13.2 Å². The summed E-state index contributed by atoms with van der Waals surface area (Å²) in [7, 11) is 0. The molecule has 0 saturated heterocycles. The molecule has 0 aliphatic carbocycles. The van der Waals surface area contributed by atoms with Crippen LogP contribution in [0.2, 0.25) is 0 Å². The van der Waals surface area contributed by atoms with E-state index in [0.29, 0.717) is 5.75 Å². The first-order chi connectivity index (χ1) is 9.77. The fourth-order valence-corrected chi connectivity index (χ4v) is 2.01. The van der Waals surface area contributed by atoms with Crippen molar-refractivity contribution in [3.05, 3.63) is 47.5 Å². The second-order valence-corrected chi connectivity index (χ2v) is 5.11. The number of ether oxygens (including phenoxy) is 1. The maximum absolute atomic E-state index is 12.5. The van der Waals surface area contributed by atoms with E-state index in [0.717, 1.165) is 23.7 Å². The Labute approximate surface area is 121 Å². The highest BCUT2D eigenvalue weighted by molar-refractivity contribution is 5.28. The molecular formula is C15H17F3N2O. The molecule has 1 aromatic heterocycles. The van der Waals surface area contributed by atoms with E-state index in [-0.39, 0.29) is 12.6 Å². The molecule has 0 amide bonds. The van der Waals surface area contributed by atoms with E-state index >= 15 is 0 Å². The van der Waals surface area contributed by atoms with Crippen molar-refractivity contribution in [2.24, 2.45) is 0 Å². The van der Waals surface area contributed by atoms with E-state index in [9.17, 15) is 13.2 Å². The van der Waals surface area contributed by atoms with Gasteiger partial charge in [0, 0.05) is 12.2 Å². The van der Waals surface area contributed by atoms with Crippen LogP contribution in [0, 0.1) is 6.92 Å². The highest BCUT2D eigenvalue weighted by Crippen LogP contribution is 2.30. The molecule has 6 heteroatoms. The highest BCUT2D eigenvalue weighted by Gasteiger charge is 2.30. The standard InChI is InChI=1S/C15H17F3N2O/c1-10(2)20-8-11(3)19-14(20)9-21-13-6-4-12(5-7-13)15(16,17)18/h4-8,10H,9H2,1-3H3. The van der Waals surface area contributed by atoms with Gasteiger partial charge in [-0.1, -0.05) is 0 Å². The molecule has 2 aromatic rings. The molecule has 0 saturated carbocycles. The molecule has 21 heavy (non-hydrogen) atoms. The van der Waals surface area contributed by atoms with Crippen LogP contribution in [-0.4, -0.2) is 9.55 Å². The molecule has 1 aromatic carbocycles. The van der Waals surface area contributed by atoms with Gasteiger partial charge in [-0.15, -0.1) is 0 Å². The summed E-state index contributed by atoms with van der Waals surface area (Å²) in [6, 6.07) is 4.90. The number of alkyl halides is 3. The Morgan fingerprint density at radius 2 is 1.81 bits per heavy atom. The van der Waals surface area contributed by atoms with Crippen molar-refractivity contribution in [3.63, 3.8) is 0 Å². The first-order valence-electron chi connectivity index (χ1n) is 6.62. The fourth-order valence-electron chi connectivity index (χ4n) is 2.01. The van der Waals surface area contributed by atoms with Gasteiger partial charge in [-0.3, -0.25) is 0 Å². The molecule has 0 atom stereocenters. The number of imidazole rings is 1. The Kier molecular flexibility index (Phi) is 4.25. The molecule has 0 unspecified atom stereocenters. The third-order valence-corrected chi connectivity index (χ3v) is 3.04. The minimum atomic E-state index is -4.33. The Morgan fingerprint density at radius 3 is 2.33 bits per heavy atom. The topological polar surface area (TPSA) is 27.1 Å². The normalized spacial score (nSPS) is 12.0. The van der Waals surface area contributed by atoms with Crippen LogP contribution in [0.4, 0.5) is 13.2 Å². The lowest BCUT2D eigenvalue weighted by Crippen LogP contribution is -2.09.